The molecule has 0 aromatic heterocycles. The van der Waals surface area contributed by atoms with E-state index in [9.17, 15) is 0 Å². The van der Waals surface area contributed by atoms with Crippen LogP contribution in [0.4, 0.5) is 5.69 Å². The number of likely N-dealkylation sites (N-methyl/N-ethyl adjacent to an activating group) is 1. The molecule has 2 nitrogen and oxygen atoms in total. The Bertz CT molecular complexity index is 335. The zero-order chi connectivity index (χ0) is 9.26. The lowest BCUT2D eigenvalue weighted by atomic mass is 10.1. The topological polar surface area (TPSA) is 15.3 Å². The lowest BCUT2D eigenvalue weighted by Crippen LogP contribution is -2.14. The molecule has 0 saturated carbocycles. The van der Waals surface area contributed by atoms with Gasteiger partial charge < -0.3 is 4.72 Å². The number of nitrogens with zero attached hydrogens (tertiary/aromatic N) is 1. The highest BCUT2D eigenvalue weighted by atomic mass is 32.2. The third-order valence-corrected chi connectivity index (χ3v) is 3.71. The monoisotopic (exact) mass is 194 g/mol. The Hall–Kier alpha value is -0.800. The third-order valence-electron chi connectivity index (χ3n) is 2.32. The summed E-state index contributed by atoms with van der Waals surface area (Å²) in [6, 6.07) is 8.46. The molecule has 0 spiro atoms. The van der Waals surface area contributed by atoms with Crippen molar-refractivity contribution in [2.45, 2.75) is 6.42 Å². The molecule has 1 aromatic rings. The van der Waals surface area contributed by atoms with Gasteiger partial charge in [-0.1, -0.05) is 18.2 Å². The summed E-state index contributed by atoms with van der Waals surface area (Å²) in [6.07, 6.45) is 1.11. The van der Waals surface area contributed by atoms with E-state index in [-0.39, 0.29) is 10.9 Å². The Morgan fingerprint density at radius 1 is 1.46 bits per heavy atom. The van der Waals surface area contributed by atoms with Gasteiger partial charge in [0.15, 0.2) is 0 Å². The van der Waals surface area contributed by atoms with E-state index in [1.54, 1.807) is 0 Å². The van der Waals surface area contributed by atoms with Gasteiger partial charge in [-0.25, -0.2) is 4.31 Å². The normalized spacial score (nSPS) is 23.0. The van der Waals surface area contributed by atoms with Crippen molar-refractivity contribution in [1.29, 1.82) is 0 Å². The zero-order valence-electron chi connectivity index (χ0n) is 7.79. The summed E-state index contributed by atoms with van der Waals surface area (Å²) in [5.41, 5.74) is 2.64. The number of para-hydroxylation sites is 1. The zero-order valence-corrected chi connectivity index (χ0v) is 8.60. The second kappa shape index (κ2) is 3.52. The first kappa shape index (κ1) is 8.78. The highest BCUT2D eigenvalue weighted by molar-refractivity contribution is 8.13. The number of benzene rings is 1. The minimum atomic E-state index is -0.0804. The van der Waals surface area contributed by atoms with Crippen LogP contribution in [0.25, 0.3) is 0 Å². The van der Waals surface area contributed by atoms with Gasteiger partial charge in [0.05, 0.1) is 0 Å². The molecule has 0 fully saturated rings. The van der Waals surface area contributed by atoms with Gasteiger partial charge in [-0.2, -0.15) is 0 Å². The molecule has 0 radical (unpaired) electrons. The lowest BCUT2D eigenvalue weighted by Gasteiger charge is -2.17. The number of hydrogen-bond donors (Lipinski definition) is 1. The van der Waals surface area contributed by atoms with Gasteiger partial charge in [-0.15, -0.1) is 0 Å². The van der Waals surface area contributed by atoms with Crippen molar-refractivity contribution in [1.82, 2.24) is 4.31 Å². The maximum Gasteiger partial charge on any atom is 0.0478 e. The van der Waals surface area contributed by atoms with Crippen LogP contribution in [0.3, 0.4) is 0 Å². The van der Waals surface area contributed by atoms with Crippen molar-refractivity contribution in [3.63, 3.8) is 0 Å². The van der Waals surface area contributed by atoms with Gasteiger partial charge in [0.25, 0.3) is 0 Å². The number of rotatable bonds is 0. The Morgan fingerprint density at radius 2 is 2.23 bits per heavy atom. The fourth-order valence-electron chi connectivity index (χ4n) is 1.43. The highest BCUT2D eigenvalue weighted by Gasteiger charge is 2.10. The van der Waals surface area contributed by atoms with E-state index in [0.29, 0.717) is 0 Å². The predicted octanol–water partition coefficient (Wildman–Crippen LogP) is 2.12. The van der Waals surface area contributed by atoms with Crippen LogP contribution in [0, 0.1) is 0 Å². The van der Waals surface area contributed by atoms with Gasteiger partial charge in [-0.3, -0.25) is 0 Å². The first-order chi connectivity index (χ1) is 6.27. The first-order valence-corrected chi connectivity index (χ1v) is 5.72. The van der Waals surface area contributed by atoms with Gasteiger partial charge >= 0.3 is 0 Å². The number of fused-ring (bicyclic) bond motifs is 1. The van der Waals surface area contributed by atoms with E-state index in [2.05, 4.69) is 46.2 Å². The SMILES string of the molecule is C=S1Nc2ccccc2CCN1C. The van der Waals surface area contributed by atoms with Crippen LogP contribution in [0.15, 0.2) is 24.3 Å². The van der Waals surface area contributed by atoms with E-state index in [4.69, 9.17) is 0 Å². The van der Waals surface area contributed by atoms with E-state index in [0.717, 1.165) is 13.0 Å². The standard InChI is InChI=1S/C10H14N2S/c1-12-8-7-9-5-3-4-6-10(9)11-13(12)2/h3-6,11H,2,7-8H2,1H3. The van der Waals surface area contributed by atoms with Crippen LogP contribution in [-0.2, 0) is 6.42 Å². The molecule has 0 saturated heterocycles. The average molecular weight is 194 g/mol. The summed E-state index contributed by atoms with van der Waals surface area (Å²) in [5.74, 6) is 4.08. The molecule has 3 heteroatoms. The predicted molar refractivity (Wildman–Crippen MR) is 61.1 cm³/mol. The van der Waals surface area contributed by atoms with Crippen LogP contribution < -0.4 is 4.72 Å². The van der Waals surface area contributed by atoms with Crippen LogP contribution in [0.2, 0.25) is 0 Å². The van der Waals surface area contributed by atoms with Crippen LogP contribution in [0.5, 0.6) is 0 Å². The molecule has 1 aliphatic heterocycles. The Balaban J connectivity index is 2.35. The fourth-order valence-corrected chi connectivity index (χ4v) is 2.35. The summed E-state index contributed by atoms with van der Waals surface area (Å²) in [7, 11) is 2.03. The van der Waals surface area contributed by atoms with Crippen molar-refractivity contribution in [3.8, 4) is 0 Å². The molecule has 1 aromatic carbocycles. The Kier molecular flexibility index (Phi) is 2.38. The fraction of sp³-hybridized carbons (Fsp3) is 0.300. The minimum Gasteiger partial charge on any atom is -0.324 e. The lowest BCUT2D eigenvalue weighted by molar-refractivity contribution is 0.573. The van der Waals surface area contributed by atoms with Gasteiger partial charge in [-0.05, 0) is 41.8 Å². The molecule has 1 N–H and O–H groups in total. The molecule has 2 rings (SSSR count). The first-order valence-electron chi connectivity index (χ1n) is 4.37. The smallest absolute Gasteiger partial charge is 0.0478 e. The molecular weight excluding hydrogens is 180 g/mol. The molecule has 13 heavy (non-hydrogen) atoms. The van der Waals surface area contributed by atoms with Crippen molar-refractivity contribution < 1.29 is 0 Å². The van der Waals surface area contributed by atoms with Crippen molar-refractivity contribution >= 4 is 22.4 Å². The molecule has 1 heterocycles. The molecule has 0 amide bonds. The number of anilines is 1. The third kappa shape index (κ3) is 1.76. The summed E-state index contributed by atoms with van der Waals surface area (Å²) in [4.78, 5) is 0. The van der Waals surface area contributed by atoms with Gasteiger partial charge in [0, 0.05) is 12.2 Å². The maximum absolute atomic E-state index is 4.08. The molecule has 0 aliphatic carbocycles. The van der Waals surface area contributed by atoms with E-state index in [1.165, 1.54) is 11.3 Å². The maximum atomic E-state index is 4.08. The summed E-state index contributed by atoms with van der Waals surface area (Å²) >= 11 is 0. The number of nitrogens with one attached hydrogen (secondary N) is 1. The highest BCUT2D eigenvalue weighted by Crippen LogP contribution is 2.27. The molecule has 1 aliphatic rings. The van der Waals surface area contributed by atoms with Crippen LogP contribution in [-0.4, -0.2) is 23.8 Å². The molecule has 1 unspecified atom stereocenters. The summed E-state index contributed by atoms with van der Waals surface area (Å²) in [6.45, 7) is 1.08. The summed E-state index contributed by atoms with van der Waals surface area (Å²) < 4.78 is 5.66. The van der Waals surface area contributed by atoms with E-state index >= 15 is 0 Å². The molecular formula is C10H14N2S. The van der Waals surface area contributed by atoms with Gasteiger partial charge in [0.2, 0.25) is 0 Å². The van der Waals surface area contributed by atoms with Crippen molar-refractivity contribution in [3.05, 3.63) is 29.8 Å². The quantitative estimate of drug-likeness (QED) is 0.636. The molecule has 1 atom stereocenters. The second-order valence-corrected chi connectivity index (χ2v) is 4.78. The minimum absolute atomic E-state index is 0.0804. The Labute approximate surface area is 81.8 Å². The number of hydrogen-bond acceptors (Lipinski definition) is 2. The van der Waals surface area contributed by atoms with Crippen molar-refractivity contribution in [2.24, 2.45) is 0 Å². The van der Waals surface area contributed by atoms with Crippen molar-refractivity contribution in [2.75, 3.05) is 18.3 Å². The molecule has 70 valence electrons. The largest absolute Gasteiger partial charge is 0.324 e. The average Bonchev–Trinajstić information content (AvgIpc) is 2.28. The second-order valence-electron chi connectivity index (χ2n) is 3.23. The van der Waals surface area contributed by atoms with Gasteiger partial charge in [0.1, 0.15) is 0 Å². The summed E-state index contributed by atoms with van der Waals surface area (Å²) in [5, 5.41) is 0. The van der Waals surface area contributed by atoms with E-state index in [1.807, 2.05) is 0 Å². The van der Waals surface area contributed by atoms with Crippen LogP contribution in [0.1, 0.15) is 5.56 Å². The Morgan fingerprint density at radius 3 is 3.08 bits per heavy atom. The molecule has 0 bridgehead atoms. The van der Waals surface area contributed by atoms with Crippen LogP contribution >= 0.6 is 10.9 Å². The van der Waals surface area contributed by atoms with E-state index < -0.39 is 0 Å².